The van der Waals surface area contributed by atoms with Crippen LogP contribution in [0.15, 0.2) is 36.7 Å². The fourth-order valence-corrected chi connectivity index (χ4v) is 1.74. The van der Waals surface area contributed by atoms with E-state index in [-0.39, 0.29) is 5.56 Å². The Morgan fingerprint density at radius 2 is 2.21 bits per heavy atom. The molecule has 2 aromatic heterocycles. The van der Waals surface area contributed by atoms with Gasteiger partial charge in [-0.1, -0.05) is 6.07 Å². The smallest absolute Gasteiger partial charge is 0.339 e. The standard InChI is InChI=1S/C14H15N3O2/c1-10-4-5-12(14(18)19)13(17-10)16-8-6-11-3-2-7-15-9-11/h2-5,7,9H,6,8H2,1H3,(H,16,17)(H,18,19). The molecule has 2 heterocycles. The third kappa shape index (κ3) is 3.51. The van der Waals surface area contributed by atoms with Crippen molar-refractivity contribution in [1.29, 1.82) is 0 Å². The highest BCUT2D eigenvalue weighted by Gasteiger charge is 2.10. The summed E-state index contributed by atoms with van der Waals surface area (Å²) in [6.45, 7) is 2.44. The number of aryl methyl sites for hydroxylation is 1. The normalized spacial score (nSPS) is 10.2. The number of rotatable bonds is 5. The number of anilines is 1. The molecule has 0 saturated heterocycles. The molecule has 0 aromatic carbocycles. The summed E-state index contributed by atoms with van der Waals surface area (Å²) in [4.78, 5) is 19.3. The van der Waals surface area contributed by atoms with Gasteiger partial charge in [0.15, 0.2) is 0 Å². The Hall–Kier alpha value is -2.43. The number of hydrogen-bond acceptors (Lipinski definition) is 4. The van der Waals surface area contributed by atoms with Crippen LogP contribution in [0.5, 0.6) is 0 Å². The van der Waals surface area contributed by atoms with E-state index in [9.17, 15) is 4.79 Å². The predicted molar refractivity (Wildman–Crippen MR) is 72.4 cm³/mol. The molecule has 2 rings (SSSR count). The first-order valence-electron chi connectivity index (χ1n) is 6.00. The second-order valence-electron chi connectivity index (χ2n) is 4.19. The highest BCUT2D eigenvalue weighted by molar-refractivity contribution is 5.93. The number of aromatic nitrogens is 2. The zero-order valence-electron chi connectivity index (χ0n) is 10.6. The van der Waals surface area contributed by atoms with Gasteiger partial charge in [-0.15, -0.1) is 0 Å². The third-order valence-electron chi connectivity index (χ3n) is 2.69. The summed E-state index contributed by atoms with van der Waals surface area (Å²) in [5, 5.41) is 12.1. The van der Waals surface area contributed by atoms with Gasteiger partial charge in [-0.05, 0) is 37.1 Å². The van der Waals surface area contributed by atoms with Gasteiger partial charge in [-0.25, -0.2) is 9.78 Å². The monoisotopic (exact) mass is 257 g/mol. The van der Waals surface area contributed by atoms with Crippen molar-refractivity contribution in [2.24, 2.45) is 0 Å². The van der Waals surface area contributed by atoms with Gasteiger partial charge in [0, 0.05) is 24.6 Å². The van der Waals surface area contributed by atoms with Crippen LogP contribution in [-0.4, -0.2) is 27.6 Å². The molecule has 0 bridgehead atoms. The van der Waals surface area contributed by atoms with Gasteiger partial charge in [0.1, 0.15) is 11.4 Å². The Morgan fingerprint density at radius 1 is 1.37 bits per heavy atom. The van der Waals surface area contributed by atoms with Crippen molar-refractivity contribution in [3.63, 3.8) is 0 Å². The Balaban J connectivity index is 2.03. The summed E-state index contributed by atoms with van der Waals surface area (Å²) in [6, 6.07) is 7.12. The van der Waals surface area contributed by atoms with Crippen molar-refractivity contribution in [3.8, 4) is 0 Å². The van der Waals surface area contributed by atoms with E-state index in [0.29, 0.717) is 12.4 Å². The molecule has 0 unspecified atom stereocenters. The van der Waals surface area contributed by atoms with Crippen molar-refractivity contribution in [2.45, 2.75) is 13.3 Å². The van der Waals surface area contributed by atoms with E-state index in [1.165, 1.54) is 0 Å². The average Bonchev–Trinajstić information content (AvgIpc) is 2.39. The van der Waals surface area contributed by atoms with Crippen molar-refractivity contribution in [3.05, 3.63) is 53.5 Å². The first kappa shape index (κ1) is 13.0. The average molecular weight is 257 g/mol. The first-order chi connectivity index (χ1) is 9.16. The second-order valence-corrected chi connectivity index (χ2v) is 4.19. The Bertz CT molecular complexity index is 570. The highest BCUT2D eigenvalue weighted by Crippen LogP contribution is 2.13. The molecule has 0 atom stereocenters. The van der Waals surface area contributed by atoms with Gasteiger partial charge in [0.2, 0.25) is 0 Å². The fraction of sp³-hybridized carbons (Fsp3) is 0.214. The molecular weight excluding hydrogens is 242 g/mol. The van der Waals surface area contributed by atoms with Crippen LogP contribution in [0.2, 0.25) is 0 Å². The van der Waals surface area contributed by atoms with E-state index >= 15 is 0 Å². The van der Waals surface area contributed by atoms with Crippen LogP contribution in [0.25, 0.3) is 0 Å². The summed E-state index contributed by atoms with van der Waals surface area (Å²) in [7, 11) is 0. The molecule has 0 amide bonds. The summed E-state index contributed by atoms with van der Waals surface area (Å²) < 4.78 is 0. The van der Waals surface area contributed by atoms with Crippen LogP contribution < -0.4 is 5.32 Å². The highest BCUT2D eigenvalue weighted by atomic mass is 16.4. The molecule has 0 radical (unpaired) electrons. The molecule has 0 fully saturated rings. The summed E-state index contributed by atoms with van der Waals surface area (Å²) >= 11 is 0. The lowest BCUT2D eigenvalue weighted by Crippen LogP contribution is -2.11. The van der Waals surface area contributed by atoms with Crippen LogP contribution >= 0.6 is 0 Å². The Labute approximate surface area is 111 Å². The Morgan fingerprint density at radius 3 is 2.89 bits per heavy atom. The van der Waals surface area contributed by atoms with Crippen LogP contribution in [0.1, 0.15) is 21.6 Å². The number of carboxylic acid groups (broad SMARTS) is 1. The van der Waals surface area contributed by atoms with E-state index < -0.39 is 5.97 Å². The zero-order chi connectivity index (χ0) is 13.7. The molecule has 5 nitrogen and oxygen atoms in total. The number of carboxylic acids is 1. The van der Waals surface area contributed by atoms with Crippen LogP contribution in [0, 0.1) is 6.92 Å². The first-order valence-corrected chi connectivity index (χ1v) is 6.00. The molecular formula is C14H15N3O2. The third-order valence-corrected chi connectivity index (χ3v) is 2.69. The lowest BCUT2D eigenvalue weighted by atomic mass is 10.2. The van der Waals surface area contributed by atoms with E-state index in [0.717, 1.165) is 17.7 Å². The molecule has 0 aliphatic carbocycles. The van der Waals surface area contributed by atoms with Gasteiger partial charge in [0.25, 0.3) is 0 Å². The predicted octanol–water partition coefficient (Wildman–Crippen LogP) is 2.14. The molecule has 19 heavy (non-hydrogen) atoms. The molecule has 0 spiro atoms. The minimum absolute atomic E-state index is 0.191. The van der Waals surface area contributed by atoms with Gasteiger partial charge in [0.05, 0.1) is 0 Å². The van der Waals surface area contributed by atoms with Gasteiger partial charge in [-0.3, -0.25) is 4.98 Å². The van der Waals surface area contributed by atoms with E-state index in [1.807, 2.05) is 19.1 Å². The molecule has 2 aromatic rings. The summed E-state index contributed by atoms with van der Waals surface area (Å²) in [5.41, 5.74) is 2.07. The van der Waals surface area contributed by atoms with Gasteiger partial charge < -0.3 is 10.4 Å². The summed E-state index contributed by atoms with van der Waals surface area (Å²) in [5.74, 6) is -0.562. The number of pyridine rings is 2. The molecule has 5 heteroatoms. The minimum atomic E-state index is -0.976. The number of nitrogens with zero attached hydrogens (tertiary/aromatic N) is 2. The van der Waals surface area contributed by atoms with Gasteiger partial charge in [-0.2, -0.15) is 0 Å². The molecule has 0 saturated carbocycles. The molecule has 98 valence electrons. The number of carbonyl (C=O) groups is 1. The number of aromatic carboxylic acids is 1. The number of nitrogens with one attached hydrogen (secondary N) is 1. The largest absolute Gasteiger partial charge is 0.478 e. The quantitative estimate of drug-likeness (QED) is 0.858. The maximum absolute atomic E-state index is 11.1. The molecule has 0 aliphatic rings. The maximum atomic E-state index is 11.1. The van der Waals surface area contributed by atoms with Crippen LogP contribution in [0.4, 0.5) is 5.82 Å². The van der Waals surface area contributed by atoms with E-state index in [4.69, 9.17) is 5.11 Å². The van der Waals surface area contributed by atoms with Crippen molar-refractivity contribution in [1.82, 2.24) is 9.97 Å². The van der Waals surface area contributed by atoms with Crippen molar-refractivity contribution < 1.29 is 9.90 Å². The lowest BCUT2D eigenvalue weighted by molar-refractivity contribution is 0.0697. The maximum Gasteiger partial charge on any atom is 0.339 e. The fourth-order valence-electron chi connectivity index (χ4n) is 1.74. The van der Waals surface area contributed by atoms with Gasteiger partial charge >= 0.3 is 5.97 Å². The van der Waals surface area contributed by atoms with E-state index in [2.05, 4.69) is 15.3 Å². The van der Waals surface area contributed by atoms with E-state index in [1.54, 1.807) is 24.5 Å². The molecule has 2 N–H and O–H groups in total. The Kier molecular flexibility index (Phi) is 4.07. The van der Waals surface area contributed by atoms with Crippen molar-refractivity contribution >= 4 is 11.8 Å². The zero-order valence-corrected chi connectivity index (χ0v) is 10.6. The SMILES string of the molecule is Cc1ccc(C(=O)O)c(NCCc2cccnc2)n1. The van der Waals surface area contributed by atoms with Crippen molar-refractivity contribution in [2.75, 3.05) is 11.9 Å². The number of hydrogen-bond donors (Lipinski definition) is 2. The second kappa shape index (κ2) is 5.95. The minimum Gasteiger partial charge on any atom is -0.478 e. The summed E-state index contributed by atoms with van der Waals surface area (Å²) in [6.07, 6.45) is 4.29. The molecule has 0 aliphatic heterocycles. The topological polar surface area (TPSA) is 75.1 Å². The van der Waals surface area contributed by atoms with Crippen LogP contribution in [-0.2, 0) is 6.42 Å². The lowest BCUT2D eigenvalue weighted by Gasteiger charge is -2.09. The van der Waals surface area contributed by atoms with Crippen LogP contribution in [0.3, 0.4) is 0 Å².